The lowest BCUT2D eigenvalue weighted by Crippen LogP contribution is -2.42. The van der Waals surface area contributed by atoms with Crippen molar-refractivity contribution in [3.8, 4) is 0 Å². The average molecular weight is 273 g/mol. The van der Waals surface area contributed by atoms with E-state index in [2.05, 4.69) is 4.74 Å². The molecule has 0 unspecified atom stereocenters. The highest BCUT2D eigenvalue weighted by Crippen LogP contribution is 2.26. The molecule has 104 valence electrons. The van der Waals surface area contributed by atoms with Gasteiger partial charge in [0.1, 0.15) is 6.54 Å². The number of ether oxygens (including phenoxy) is 1. The highest BCUT2D eigenvalue weighted by molar-refractivity contribution is 7.99. The third-order valence-electron chi connectivity index (χ3n) is 3.27. The molecule has 0 aliphatic carbocycles. The maximum absolute atomic E-state index is 12.2. The van der Waals surface area contributed by atoms with E-state index in [1.807, 2.05) is 25.6 Å². The van der Waals surface area contributed by atoms with Crippen LogP contribution in [0.15, 0.2) is 0 Å². The third kappa shape index (κ3) is 4.88. The lowest BCUT2D eigenvalue weighted by Gasteiger charge is -2.28. The molecular weight excluding hydrogens is 250 g/mol. The van der Waals surface area contributed by atoms with E-state index in [1.54, 1.807) is 4.90 Å². The molecule has 1 amide bonds. The molecule has 1 fully saturated rings. The van der Waals surface area contributed by atoms with Crippen LogP contribution in [0.4, 0.5) is 0 Å². The number of thioether (sulfide) groups is 1. The molecule has 0 spiro atoms. The lowest BCUT2D eigenvalue weighted by atomic mass is 9.98. The summed E-state index contributed by atoms with van der Waals surface area (Å²) in [5.74, 6) is 2.51. The first-order chi connectivity index (χ1) is 8.54. The molecule has 0 radical (unpaired) electrons. The fourth-order valence-electron chi connectivity index (χ4n) is 2.08. The van der Waals surface area contributed by atoms with Crippen molar-refractivity contribution in [2.75, 3.05) is 25.2 Å². The summed E-state index contributed by atoms with van der Waals surface area (Å²) in [5, 5.41) is 0. The standard InChI is InChI=1S/C13H23NO3S/c1-10(2)14(9-13(16)17-3)12(15)8-11-4-6-18-7-5-11/h10-11H,4-9H2,1-3H3. The third-order valence-corrected chi connectivity index (χ3v) is 4.32. The van der Waals surface area contributed by atoms with Crippen LogP contribution in [0.1, 0.15) is 33.1 Å². The minimum Gasteiger partial charge on any atom is -0.468 e. The van der Waals surface area contributed by atoms with Crippen LogP contribution in [-0.2, 0) is 14.3 Å². The van der Waals surface area contributed by atoms with Gasteiger partial charge in [-0.1, -0.05) is 0 Å². The monoisotopic (exact) mass is 273 g/mol. The number of methoxy groups -OCH3 is 1. The van der Waals surface area contributed by atoms with Crippen molar-refractivity contribution < 1.29 is 14.3 Å². The van der Waals surface area contributed by atoms with Gasteiger partial charge in [-0.3, -0.25) is 9.59 Å². The summed E-state index contributed by atoms with van der Waals surface area (Å²) in [4.78, 5) is 25.1. The van der Waals surface area contributed by atoms with Gasteiger partial charge in [0, 0.05) is 12.5 Å². The van der Waals surface area contributed by atoms with E-state index in [-0.39, 0.29) is 24.5 Å². The first-order valence-corrected chi connectivity index (χ1v) is 7.64. The molecule has 1 heterocycles. The summed E-state index contributed by atoms with van der Waals surface area (Å²) in [6.07, 6.45) is 2.79. The van der Waals surface area contributed by atoms with Crippen molar-refractivity contribution in [1.82, 2.24) is 4.90 Å². The van der Waals surface area contributed by atoms with Gasteiger partial charge >= 0.3 is 5.97 Å². The van der Waals surface area contributed by atoms with E-state index in [4.69, 9.17) is 0 Å². The average Bonchev–Trinajstić information content (AvgIpc) is 2.36. The number of hydrogen-bond acceptors (Lipinski definition) is 4. The molecule has 0 aromatic heterocycles. The quantitative estimate of drug-likeness (QED) is 0.718. The molecule has 0 atom stereocenters. The minimum atomic E-state index is -0.351. The maximum atomic E-state index is 12.2. The predicted octanol–water partition coefficient (Wildman–Crippen LogP) is 1.93. The van der Waals surface area contributed by atoms with Crippen LogP contribution in [0.5, 0.6) is 0 Å². The van der Waals surface area contributed by atoms with E-state index in [0.717, 1.165) is 24.3 Å². The summed E-state index contributed by atoms with van der Waals surface area (Å²) in [6.45, 7) is 3.92. The molecule has 0 saturated carbocycles. The number of amides is 1. The zero-order valence-corrected chi connectivity index (χ0v) is 12.3. The van der Waals surface area contributed by atoms with Crippen LogP contribution in [-0.4, -0.2) is 48.0 Å². The SMILES string of the molecule is COC(=O)CN(C(=O)CC1CCSCC1)C(C)C. The van der Waals surface area contributed by atoms with Crippen LogP contribution < -0.4 is 0 Å². The molecule has 1 aliphatic rings. The van der Waals surface area contributed by atoms with Gasteiger partial charge in [0.2, 0.25) is 5.91 Å². The predicted molar refractivity (Wildman–Crippen MR) is 73.5 cm³/mol. The van der Waals surface area contributed by atoms with E-state index in [9.17, 15) is 9.59 Å². The van der Waals surface area contributed by atoms with Gasteiger partial charge in [0.05, 0.1) is 7.11 Å². The van der Waals surface area contributed by atoms with Crippen molar-refractivity contribution in [2.45, 2.75) is 39.2 Å². The second-order valence-electron chi connectivity index (χ2n) is 4.95. The number of carbonyl (C=O) groups excluding carboxylic acids is 2. The van der Waals surface area contributed by atoms with Crippen LogP contribution in [0.25, 0.3) is 0 Å². The molecule has 18 heavy (non-hydrogen) atoms. The van der Waals surface area contributed by atoms with E-state index >= 15 is 0 Å². The van der Waals surface area contributed by atoms with Crippen molar-refractivity contribution in [1.29, 1.82) is 0 Å². The zero-order valence-electron chi connectivity index (χ0n) is 11.5. The van der Waals surface area contributed by atoms with Gasteiger partial charge in [-0.25, -0.2) is 0 Å². The Labute approximate surface area is 113 Å². The summed E-state index contributed by atoms with van der Waals surface area (Å²) in [6, 6.07) is 0.0366. The highest BCUT2D eigenvalue weighted by atomic mass is 32.2. The Morgan fingerprint density at radius 3 is 2.44 bits per heavy atom. The lowest BCUT2D eigenvalue weighted by molar-refractivity contribution is -0.148. The summed E-state index contributed by atoms with van der Waals surface area (Å²) >= 11 is 1.96. The van der Waals surface area contributed by atoms with Crippen LogP contribution >= 0.6 is 11.8 Å². The molecule has 0 bridgehead atoms. The molecule has 0 aromatic rings. The van der Waals surface area contributed by atoms with Crippen LogP contribution in [0, 0.1) is 5.92 Å². The summed E-state index contributed by atoms with van der Waals surface area (Å²) < 4.78 is 4.63. The molecule has 5 heteroatoms. The first kappa shape index (κ1) is 15.3. The second-order valence-corrected chi connectivity index (χ2v) is 6.18. The van der Waals surface area contributed by atoms with Crippen molar-refractivity contribution >= 4 is 23.6 Å². The van der Waals surface area contributed by atoms with Gasteiger partial charge < -0.3 is 9.64 Å². The molecular formula is C13H23NO3S. The normalized spacial score (nSPS) is 16.7. The number of rotatable bonds is 5. The van der Waals surface area contributed by atoms with Gasteiger partial charge in [-0.05, 0) is 44.1 Å². The molecule has 1 rings (SSSR count). The number of esters is 1. The summed E-state index contributed by atoms with van der Waals surface area (Å²) in [7, 11) is 1.35. The Morgan fingerprint density at radius 1 is 1.33 bits per heavy atom. The summed E-state index contributed by atoms with van der Waals surface area (Å²) in [5.41, 5.74) is 0. The fourth-order valence-corrected chi connectivity index (χ4v) is 3.28. The molecule has 4 nitrogen and oxygen atoms in total. The van der Waals surface area contributed by atoms with Crippen molar-refractivity contribution in [3.05, 3.63) is 0 Å². The minimum absolute atomic E-state index is 0.0366. The van der Waals surface area contributed by atoms with E-state index < -0.39 is 0 Å². The Bertz CT molecular complexity index is 288. The Hall–Kier alpha value is -0.710. The van der Waals surface area contributed by atoms with E-state index in [1.165, 1.54) is 7.11 Å². The Balaban J connectivity index is 2.50. The number of hydrogen-bond donors (Lipinski definition) is 0. The Kier molecular flexibility index (Phi) is 6.54. The smallest absolute Gasteiger partial charge is 0.325 e. The van der Waals surface area contributed by atoms with Gasteiger partial charge in [0.25, 0.3) is 0 Å². The number of carbonyl (C=O) groups is 2. The van der Waals surface area contributed by atoms with Crippen LogP contribution in [0.3, 0.4) is 0 Å². The van der Waals surface area contributed by atoms with Gasteiger partial charge in [-0.15, -0.1) is 0 Å². The second kappa shape index (κ2) is 7.67. The maximum Gasteiger partial charge on any atom is 0.325 e. The molecule has 0 N–H and O–H groups in total. The van der Waals surface area contributed by atoms with Gasteiger partial charge in [-0.2, -0.15) is 11.8 Å². The molecule has 1 aliphatic heterocycles. The van der Waals surface area contributed by atoms with E-state index in [0.29, 0.717) is 12.3 Å². The molecule has 0 aromatic carbocycles. The van der Waals surface area contributed by atoms with Gasteiger partial charge in [0.15, 0.2) is 0 Å². The Morgan fingerprint density at radius 2 is 1.94 bits per heavy atom. The number of nitrogens with zero attached hydrogens (tertiary/aromatic N) is 1. The first-order valence-electron chi connectivity index (χ1n) is 6.48. The fraction of sp³-hybridized carbons (Fsp3) is 0.846. The zero-order chi connectivity index (χ0) is 13.5. The van der Waals surface area contributed by atoms with Crippen LogP contribution in [0.2, 0.25) is 0 Å². The van der Waals surface area contributed by atoms with Crippen molar-refractivity contribution in [2.24, 2.45) is 5.92 Å². The highest BCUT2D eigenvalue weighted by Gasteiger charge is 2.24. The van der Waals surface area contributed by atoms with Crippen molar-refractivity contribution in [3.63, 3.8) is 0 Å². The topological polar surface area (TPSA) is 46.6 Å². The largest absolute Gasteiger partial charge is 0.468 e. The molecule has 1 saturated heterocycles.